The minimum atomic E-state index is 0.658. The van der Waals surface area contributed by atoms with Crippen LogP contribution in [0.15, 0.2) is 35.5 Å². The van der Waals surface area contributed by atoms with E-state index in [1.165, 1.54) is 0 Å². The van der Waals surface area contributed by atoms with Crippen LogP contribution in [0.5, 0.6) is 5.75 Å². The Morgan fingerprint density at radius 3 is 2.83 bits per heavy atom. The molecule has 4 nitrogen and oxygen atoms in total. The summed E-state index contributed by atoms with van der Waals surface area (Å²) in [5, 5.41) is 4.30. The Morgan fingerprint density at radius 2 is 2.17 bits per heavy atom. The lowest BCUT2D eigenvalue weighted by Crippen LogP contribution is -1.99. The summed E-state index contributed by atoms with van der Waals surface area (Å²) >= 11 is 0. The van der Waals surface area contributed by atoms with Gasteiger partial charge >= 0.3 is 0 Å². The summed E-state index contributed by atoms with van der Waals surface area (Å²) in [6.07, 6.45) is 3.79. The second kappa shape index (κ2) is 5.49. The number of aryl methyl sites for hydroxylation is 2. The van der Waals surface area contributed by atoms with Crippen LogP contribution in [0.1, 0.15) is 11.3 Å². The molecule has 0 N–H and O–H groups in total. The van der Waals surface area contributed by atoms with Crippen molar-refractivity contribution in [3.63, 3.8) is 0 Å². The monoisotopic (exact) mass is 243 g/mol. The lowest BCUT2D eigenvalue weighted by atomic mass is 10.2. The van der Waals surface area contributed by atoms with Gasteiger partial charge in [-0.2, -0.15) is 5.10 Å². The third-order valence-corrected chi connectivity index (χ3v) is 2.68. The van der Waals surface area contributed by atoms with Crippen molar-refractivity contribution in [1.29, 1.82) is 0 Å². The van der Waals surface area contributed by atoms with Gasteiger partial charge in [0.05, 0.1) is 19.3 Å². The predicted octanol–water partition coefficient (Wildman–Crippen LogP) is 2.91. The molecule has 0 atom stereocenters. The number of ether oxygens (including phenoxy) is 1. The van der Waals surface area contributed by atoms with Crippen molar-refractivity contribution >= 4 is 11.9 Å². The Kier molecular flexibility index (Phi) is 3.77. The molecule has 0 saturated carbocycles. The summed E-state index contributed by atoms with van der Waals surface area (Å²) in [4.78, 5) is 4.47. The van der Waals surface area contributed by atoms with E-state index in [0.29, 0.717) is 6.54 Å². The molecule has 0 aliphatic heterocycles. The Balaban J connectivity index is 2.13. The smallest absolute Gasteiger partial charge is 0.144 e. The summed E-state index contributed by atoms with van der Waals surface area (Å²) < 4.78 is 7.15. The molecule has 1 heterocycles. The number of rotatable bonds is 4. The van der Waals surface area contributed by atoms with E-state index in [1.54, 1.807) is 7.11 Å². The number of methoxy groups -OCH3 is 1. The van der Waals surface area contributed by atoms with Gasteiger partial charge < -0.3 is 4.74 Å². The van der Waals surface area contributed by atoms with Crippen LogP contribution in [-0.4, -0.2) is 23.1 Å². The van der Waals surface area contributed by atoms with Gasteiger partial charge in [-0.05, 0) is 31.5 Å². The third kappa shape index (κ3) is 2.77. The third-order valence-electron chi connectivity index (χ3n) is 2.68. The number of hydrogen-bond acceptors (Lipinski definition) is 3. The Labute approximate surface area is 107 Å². The molecule has 2 aromatic rings. The minimum absolute atomic E-state index is 0.658. The van der Waals surface area contributed by atoms with Crippen molar-refractivity contribution in [2.75, 3.05) is 7.11 Å². The van der Waals surface area contributed by atoms with Gasteiger partial charge in [0.1, 0.15) is 11.4 Å². The number of hydrogen-bond donors (Lipinski definition) is 0. The molecule has 0 saturated heterocycles. The summed E-state index contributed by atoms with van der Waals surface area (Å²) in [7, 11) is 1.66. The van der Waals surface area contributed by atoms with Gasteiger partial charge in [-0.25, -0.2) is 0 Å². The first kappa shape index (κ1) is 12.4. The van der Waals surface area contributed by atoms with Gasteiger partial charge in [-0.1, -0.05) is 12.1 Å². The van der Waals surface area contributed by atoms with E-state index in [4.69, 9.17) is 4.74 Å². The molecule has 0 bridgehead atoms. The van der Waals surface area contributed by atoms with Crippen LogP contribution in [0, 0.1) is 13.8 Å². The summed E-state index contributed by atoms with van der Waals surface area (Å²) in [6.45, 7) is 4.65. The average molecular weight is 243 g/mol. The van der Waals surface area contributed by atoms with Gasteiger partial charge in [0.15, 0.2) is 0 Å². The van der Waals surface area contributed by atoms with E-state index in [-0.39, 0.29) is 0 Å². The zero-order valence-corrected chi connectivity index (χ0v) is 10.9. The maximum absolute atomic E-state index is 5.30. The SMILES string of the molecule is COc1cccc(C)c1N=CCn1ccc(C)n1. The summed E-state index contributed by atoms with van der Waals surface area (Å²) in [5.41, 5.74) is 2.99. The first-order valence-corrected chi connectivity index (χ1v) is 5.87. The van der Waals surface area contributed by atoms with Crippen LogP contribution in [-0.2, 0) is 6.54 Å². The Hall–Kier alpha value is -2.10. The molecule has 0 fully saturated rings. The van der Waals surface area contributed by atoms with Crippen LogP contribution in [0.2, 0.25) is 0 Å². The second-order valence-electron chi connectivity index (χ2n) is 4.12. The van der Waals surface area contributed by atoms with E-state index in [9.17, 15) is 0 Å². The molecule has 0 aliphatic carbocycles. The predicted molar refractivity (Wildman–Crippen MR) is 72.8 cm³/mol. The maximum Gasteiger partial charge on any atom is 0.144 e. The summed E-state index contributed by atoms with van der Waals surface area (Å²) in [6, 6.07) is 7.87. The van der Waals surface area contributed by atoms with Crippen LogP contribution in [0.4, 0.5) is 5.69 Å². The van der Waals surface area contributed by atoms with Crippen LogP contribution < -0.4 is 4.74 Å². The molecule has 0 aliphatic rings. The fraction of sp³-hybridized carbons (Fsp3) is 0.286. The molecule has 1 aromatic carbocycles. The molecular weight excluding hydrogens is 226 g/mol. The maximum atomic E-state index is 5.30. The van der Waals surface area contributed by atoms with E-state index in [0.717, 1.165) is 22.7 Å². The topological polar surface area (TPSA) is 39.4 Å². The molecular formula is C14H17N3O. The van der Waals surface area contributed by atoms with Crippen LogP contribution >= 0.6 is 0 Å². The van der Waals surface area contributed by atoms with Crippen molar-refractivity contribution in [2.45, 2.75) is 20.4 Å². The largest absolute Gasteiger partial charge is 0.494 e. The highest BCUT2D eigenvalue weighted by Crippen LogP contribution is 2.30. The first-order chi connectivity index (χ1) is 8.70. The highest BCUT2D eigenvalue weighted by Gasteiger charge is 2.02. The van der Waals surface area contributed by atoms with Gasteiger partial charge in [0, 0.05) is 12.4 Å². The molecule has 18 heavy (non-hydrogen) atoms. The second-order valence-corrected chi connectivity index (χ2v) is 4.12. The van der Waals surface area contributed by atoms with Crippen LogP contribution in [0.3, 0.4) is 0 Å². The highest BCUT2D eigenvalue weighted by molar-refractivity contribution is 5.68. The standard InChI is InChI=1S/C14H17N3O/c1-11-5-4-6-13(18-3)14(11)15-8-10-17-9-7-12(2)16-17/h4-9H,10H2,1-3H3. The molecule has 94 valence electrons. The molecule has 0 radical (unpaired) electrons. The van der Waals surface area contributed by atoms with Crippen molar-refractivity contribution in [1.82, 2.24) is 9.78 Å². The molecule has 0 amide bonds. The first-order valence-electron chi connectivity index (χ1n) is 5.87. The van der Waals surface area contributed by atoms with Gasteiger partial charge in [-0.15, -0.1) is 0 Å². The number of aliphatic imine (C=N–C) groups is 1. The fourth-order valence-corrected chi connectivity index (χ4v) is 1.74. The lowest BCUT2D eigenvalue weighted by molar-refractivity contribution is 0.416. The number of aromatic nitrogens is 2. The molecule has 4 heteroatoms. The quantitative estimate of drug-likeness (QED) is 0.774. The minimum Gasteiger partial charge on any atom is -0.494 e. The molecule has 2 rings (SSSR count). The molecule has 0 unspecified atom stereocenters. The molecule has 1 aromatic heterocycles. The van der Waals surface area contributed by atoms with Crippen molar-refractivity contribution in [2.24, 2.45) is 4.99 Å². The zero-order valence-electron chi connectivity index (χ0n) is 10.9. The average Bonchev–Trinajstić information content (AvgIpc) is 2.77. The highest BCUT2D eigenvalue weighted by atomic mass is 16.5. The lowest BCUT2D eigenvalue weighted by Gasteiger charge is -2.06. The normalized spacial score (nSPS) is 11.1. The Morgan fingerprint density at radius 1 is 1.33 bits per heavy atom. The van der Waals surface area contributed by atoms with Crippen molar-refractivity contribution in [3.8, 4) is 5.75 Å². The summed E-state index contributed by atoms with van der Waals surface area (Å²) in [5.74, 6) is 0.794. The Bertz CT molecular complexity index is 558. The number of benzene rings is 1. The van der Waals surface area contributed by atoms with Crippen molar-refractivity contribution in [3.05, 3.63) is 41.7 Å². The van der Waals surface area contributed by atoms with E-state index >= 15 is 0 Å². The number of para-hydroxylation sites is 1. The van der Waals surface area contributed by atoms with E-state index in [1.807, 2.05) is 55.2 Å². The number of nitrogens with zero attached hydrogens (tertiary/aromatic N) is 3. The van der Waals surface area contributed by atoms with Crippen LogP contribution in [0.25, 0.3) is 0 Å². The van der Waals surface area contributed by atoms with Gasteiger partial charge in [-0.3, -0.25) is 9.67 Å². The van der Waals surface area contributed by atoms with Gasteiger partial charge in [0.2, 0.25) is 0 Å². The fourth-order valence-electron chi connectivity index (χ4n) is 1.74. The van der Waals surface area contributed by atoms with E-state index < -0.39 is 0 Å². The van der Waals surface area contributed by atoms with Crippen molar-refractivity contribution < 1.29 is 4.74 Å². The van der Waals surface area contributed by atoms with E-state index in [2.05, 4.69) is 10.1 Å². The molecule has 0 spiro atoms. The zero-order chi connectivity index (χ0) is 13.0. The van der Waals surface area contributed by atoms with Gasteiger partial charge in [0.25, 0.3) is 0 Å².